The lowest BCUT2D eigenvalue weighted by molar-refractivity contribution is 0.0240. The molecule has 0 radical (unpaired) electrons. The number of ether oxygens (including phenoxy) is 1. The standard InChI is InChI=1S/C22H30N6O5S/c1-6-16(11-18-15(2)12-23-28(18)17-13-34(30,31)14-17)19-24-20(25-33-19)26-7-9-27(10-8-26)21(29)32-22(3,4)5/h6,11-12,17H,1,7-10,13-14H2,2-5H3/b16-11+. The molecule has 4 heterocycles. The highest BCUT2D eigenvalue weighted by Gasteiger charge is 2.36. The normalized spacial score (nSPS) is 19.1. The van der Waals surface area contributed by atoms with Gasteiger partial charge in [0.1, 0.15) is 5.60 Å². The smallest absolute Gasteiger partial charge is 0.410 e. The molecule has 1 amide bonds. The van der Waals surface area contributed by atoms with E-state index in [4.69, 9.17) is 9.26 Å². The van der Waals surface area contributed by atoms with E-state index in [0.717, 1.165) is 11.3 Å². The number of allylic oxidation sites excluding steroid dienone is 2. The van der Waals surface area contributed by atoms with Crippen molar-refractivity contribution >= 4 is 33.5 Å². The molecule has 0 aliphatic carbocycles. The maximum Gasteiger partial charge on any atom is 0.410 e. The molecule has 2 aliphatic heterocycles. The number of carbonyl (C=O) groups is 1. The highest BCUT2D eigenvalue weighted by Crippen LogP contribution is 2.29. The number of aromatic nitrogens is 4. The van der Waals surface area contributed by atoms with Crippen LogP contribution in [0, 0.1) is 6.92 Å². The van der Waals surface area contributed by atoms with Gasteiger partial charge in [0.25, 0.3) is 11.8 Å². The molecule has 0 saturated carbocycles. The molecule has 34 heavy (non-hydrogen) atoms. The van der Waals surface area contributed by atoms with Gasteiger partial charge in [0.15, 0.2) is 9.84 Å². The summed E-state index contributed by atoms with van der Waals surface area (Å²) in [7, 11) is -2.98. The quantitative estimate of drug-likeness (QED) is 0.581. The first-order chi connectivity index (χ1) is 16.0. The summed E-state index contributed by atoms with van der Waals surface area (Å²) in [5, 5.41) is 8.47. The van der Waals surface area contributed by atoms with Crippen molar-refractivity contribution in [1.29, 1.82) is 0 Å². The van der Waals surface area contributed by atoms with Crippen molar-refractivity contribution in [3.63, 3.8) is 0 Å². The third kappa shape index (κ3) is 5.16. The number of carbonyl (C=O) groups excluding carboxylic acids is 1. The lowest BCUT2D eigenvalue weighted by Gasteiger charge is -2.34. The highest BCUT2D eigenvalue weighted by atomic mass is 32.2. The van der Waals surface area contributed by atoms with Crippen LogP contribution in [-0.2, 0) is 14.6 Å². The minimum atomic E-state index is -2.98. The molecule has 0 N–H and O–H groups in total. The van der Waals surface area contributed by atoms with Crippen molar-refractivity contribution in [2.24, 2.45) is 0 Å². The molecule has 0 aromatic carbocycles. The topological polar surface area (TPSA) is 124 Å². The second-order valence-corrected chi connectivity index (χ2v) is 11.7. The van der Waals surface area contributed by atoms with Crippen LogP contribution in [0.25, 0.3) is 11.6 Å². The minimum absolute atomic E-state index is 0.0817. The predicted octanol–water partition coefficient (Wildman–Crippen LogP) is 2.33. The summed E-state index contributed by atoms with van der Waals surface area (Å²) in [6, 6.07) is -0.185. The fraction of sp³-hybridized carbons (Fsp3) is 0.545. The zero-order valence-corrected chi connectivity index (χ0v) is 20.7. The zero-order valence-electron chi connectivity index (χ0n) is 19.9. The number of hydrogen-bond donors (Lipinski definition) is 0. The van der Waals surface area contributed by atoms with E-state index in [1.165, 1.54) is 0 Å². The predicted molar refractivity (Wildman–Crippen MR) is 127 cm³/mol. The van der Waals surface area contributed by atoms with Crippen LogP contribution >= 0.6 is 0 Å². The molecule has 0 bridgehead atoms. The number of amides is 1. The maximum absolute atomic E-state index is 12.3. The Morgan fingerprint density at radius 1 is 1.24 bits per heavy atom. The number of anilines is 1. The van der Waals surface area contributed by atoms with E-state index in [1.54, 1.807) is 21.9 Å². The molecule has 2 fully saturated rings. The number of piperazine rings is 1. The molecule has 12 heteroatoms. The Balaban J connectivity index is 1.46. The van der Waals surface area contributed by atoms with Gasteiger partial charge in [-0.25, -0.2) is 13.2 Å². The number of nitrogens with zero attached hydrogens (tertiary/aromatic N) is 6. The first-order valence-electron chi connectivity index (χ1n) is 11.1. The average molecular weight is 491 g/mol. The maximum atomic E-state index is 12.3. The molecule has 2 aromatic rings. The van der Waals surface area contributed by atoms with Gasteiger partial charge >= 0.3 is 6.09 Å². The van der Waals surface area contributed by atoms with Crippen molar-refractivity contribution in [2.45, 2.75) is 39.3 Å². The summed E-state index contributed by atoms with van der Waals surface area (Å²) in [5.41, 5.74) is 1.76. The van der Waals surface area contributed by atoms with Gasteiger partial charge in [-0.15, -0.1) is 0 Å². The SMILES string of the molecule is C=C/C(=C\c1c(C)cnn1C1CS(=O)(=O)C1)c1nc(N2CCN(C(=O)OC(C)(C)C)CC2)no1. The molecule has 0 unspecified atom stereocenters. The van der Waals surface area contributed by atoms with Gasteiger partial charge in [0.2, 0.25) is 0 Å². The lowest BCUT2D eigenvalue weighted by Crippen LogP contribution is -2.50. The molecule has 4 rings (SSSR count). The fourth-order valence-electron chi connectivity index (χ4n) is 3.84. The van der Waals surface area contributed by atoms with Gasteiger partial charge < -0.3 is 19.1 Å². The van der Waals surface area contributed by atoms with E-state index < -0.39 is 15.4 Å². The number of hydrogen-bond acceptors (Lipinski definition) is 9. The molecule has 11 nitrogen and oxygen atoms in total. The summed E-state index contributed by atoms with van der Waals surface area (Å²) in [6.07, 6.45) is 4.83. The van der Waals surface area contributed by atoms with Crippen LogP contribution in [0.4, 0.5) is 10.7 Å². The summed E-state index contributed by atoms with van der Waals surface area (Å²) in [5.74, 6) is 0.895. The minimum Gasteiger partial charge on any atom is -0.444 e. The molecule has 0 spiro atoms. The number of rotatable bonds is 5. The van der Waals surface area contributed by atoms with Crippen LogP contribution < -0.4 is 4.90 Å². The number of aryl methyl sites for hydroxylation is 1. The summed E-state index contributed by atoms with van der Waals surface area (Å²) >= 11 is 0. The Bertz CT molecular complexity index is 1200. The average Bonchev–Trinajstić information content (AvgIpc) is 3.36. The van der Waals surface area contributed by atoms with Crippen molar-refractivity contribution in [3.05, 3.63) is 36.0 Å². The largest absolute Gasteiger partial charge is 0.444 e. The Hall–Kier alpha value is -3.15. The third-order valence-corrected chi connectivity index (χ3v) is 7.44. The Morgan fingerprint density at radius 3 is 2.50 bits per heavy atom. The van der Waals surface area contributed by atoms with Crippen LogP contribution in [0.1, 0.15) is 44.0 Å². The molecule has 2 aromatic heterocycles. The van der Waals surface area contributed by atoms with E-state index in [1.807, 2.05) is 38.7 Å². The summed E-state index contributed by atoms with van der Waals surface area (Å²) < 4.78 is 35.9. The molecular weight excluding hydrogens is 460 g/mol. The van der Waals surface area contributed by atoms with Crippen LogP contribution in [-0.4, -0.2) is 82.6 Å². The van der Waals surface area contributed by atoms with E-state index in [2.05, 4.69) is 21.8 Å². The summed E-state index contributed by atoms with van der Waals surface area (Å²) in [4.78, 5) is 20.4. The van der Waals surface area contributed by atoms with Gasteiger partial charge in [-0.3, -0.25) is 4.68 Å². The second kappa shape index (κ2) is 8.90. The van der Waals surface area contributed by atoms with Gasteiger partial charge in [-0.1, -0.05) is 12.7 Å². The van der Waals surface area contributed by atoms with Crippen LogP contribution in [0.3, 0.4) is 0 Å². The van der Waals surface area contributed by atoms with Gasteiger partial charge in [-0.2, -0.15) is 10.1 Å². The van der Waals surface area contributed by atoms with Crippen LogP contribution in [0.2, 0.25) is 0 Å². The van der Waals surface area contributed by atoms with Gasteiger partial charge in [0, 0.05) is 31.8 Å². The first-order valence-corrected chi connectivity index (χ1v) is 12.9. The third-order valence-electron chi connectivity index (χ3n) is 5.65. The Kier molecular flexibility index (Phi) is 6.28. The van der Waals surface area contributed by atoms with Crippen molar-refractivity contribution in [1.82, 2.24) is 24.8 Å². The molecule has 0 atom stereocenters. The van der Waals surface area contributed by atoms with Crippen LogP contribution in [0.15, 0.2) is 23.4 Å². The Labute approximate surface area is 199 Å². The van der Waals surface area contributed by atoms with E-state index >= 15 is 0 Å². The number of sulfone groups is 1. The van der Waals surface area contributed by atoms with E-state index in [9.17, 15) is 13.2 Å². The Morgan fingerprint density at radius 2 is 1.91 bits per heavy atom. The van der Waals surface area contributed by atoms with Crippen molar-refractivity contribution in [2.75, 3.05) is 42.6 Å². The lowest BCUT2D eigenvalue weighted by atomic mass is 10.1. The molecular formula is C22H30N6O5S. The molecule has 2 saturated heterocycles. The molecule has 184 valence electrons. The second-order valence-electron chi connectivity index (χ2n) is 9.55. The van der Waals surface area contributed by atoms with E-state index in [-0.39, 0.29) is 23.6 Å². The zero-order chi connectivity index (χ0) is 24.7. The summed E-state index contributed by atoms with van der Waals surface area (Å²) in [6.45, 7) is 13.4. The van der Waals surface area contributed by atoms with Gasteiger partial charge in [0.05, 0.1) is 29.4 Å². The highest BCUT2D eigenvalue weighted by molar-refractivity contribution is 7.92. The fourth-order valence-corrected chi connectivity index (χ4v) is 5.20. The van der Waals surface area contributed by atoms with E-state index in [0.29, 0.717) is 43.6 Å². The van der Waals surface area contributed by atoms with Crippen molar-refractivity contribution < 1.29 is 22.5 Å². The van der Waals surface area contributed by atoms with Crippen LogP contribution in [0.5, 0.6) is 0 Å². The first kappa shape index (κ1) is 24.0. The molecule has 2 aliphatic rings. The van der Waals surface area contributed by atoms with Crippen molar-refractivity contribution in [3.8, 4) is 0 Å². The monoisotopic (exact) mass is 490 g/mol. The van der Waals surface area contributed by atoms with Gasteiger partial charge in [-0.05, 0) is 44.5 Å².